The molecule has 3 rings (SSSR count). The summed E-state index contributed by atoms with van der Waals surface area (Å²) in [6, 6.07) is 13.8. The van der Waals surface area contributed by atoms with Crippen LogP contribution in [0.25, 0.3) is 0 Å². The molecule has 1 atom stereocenters. The summed E-state index contributed by atoms with van der Waals surface area (Å²) in [4.78, 5) is 11.1. The summed E-state index contributed by atoms with van der Waals surface area (Å²) >= 11 is 0. The van der Waals surface area contributed by atoms with Crippen LogP contribution in [-0.2, 0) is 16.1 Å². The van der Waals surface area contributed by atoms with Crippen LogP contribution in [0.2, 0.25) is 0 Å². The number of carbonyl (C=O) groups is 1. The highest BCUT2D eigenvalue weighted by Gasteiger charge is 2.38. The van der Waals surface area contributed by atoms with E-state index in [1.165, 1.54) is 11.1 Å². The predicted octanol–water partition coefficient (Wildman–Crippen LogP) is 5.47. The summed E-state index contributed by atoms with van der Waals surface area (Å²) < 4.78 is 6.06. The minimum absolute atomic E-state index is 0.0804. The van der Waals surface area contributed by atoms with Gasteiger partial charge in [-0.1, -0.05) is 43.9 Å². The van der Waals surface area contributed by atoms with E-state index in [0.29, 0.717) is 12.5 Å². The first-order chi connectivity index (χ1) is 13.3. The molecule has 0 radical (unpaired) electrons. The first-order valence-corrected chi connectivity index (χ1v) is 9.89. The molecule has 146 valence electrons. The summed E-state index contributed by atoms with van der Waals surface area (Å²) in [6.07, 6.45) is 2.30. The largest absolute Gasteiger partial charge is 0.481 e. The Morgan fingerprint density at radius 1 is 1.07 bits per heavy atom. The highest BCUT2D eigenvalue weighted by atomic mass is 16.5. The van der Waals surface area contributed by atoms with E-state index in [1.807, 2.05) is 30.3 Å². The van der Waals surface area contributed by atoms with E-state index in [4.69, 9.17) is 9.84 Å². The number of benzene rings is 2. The van der Waals surface area contributed by atoms with Crippen molar-refractivity contribution in [3.05, 3.63) is 70.3 Å². The van der Waals surface area contributed by atoms with Crippen LogP contribution in [0.4, 0.5) is 0 Å². The lowest BCUT2D eigenvalue weighted by atomic mass is 9.95. The van der Waals surface area contributed by atoms with Gasteiger partial charge in [-0.15, -0.1) is 0 Å². The van der Waals surface area contributed by atoms with Crippen LogP contribution in [0.1, 0.15) is 80.2 Å². The molecule has 1 fully saturated rings. The van der Waals surface area contributed by atoms with Crippen LogP contribution < -0.4 is 0 Å². The van der Waals surface area contributed by atoms with E-state index < -0.39 is 11.9 Å². The molecule has 3 heteroatoms. The van der Waals surface area contributed by atoms with Crippen molar-refractivity contribution in [2.45, 2.75) is 64.6 Å². The van der Waals surface area contributed by atoms with Crippen LogP contribution in [0, 0.1) is 11.8 Å². The number of hydrogen-bond donors (Lipinski definition) is 1. The second-order valence-electron chi connectivity index (χ2n) is 8.24. The van der Waals surface area contributed by atoms with Gasteiger partial charge in [-0.05, 0) is 73.6 Å². The van der Waals surface area contributed by atoms with Crippen molar-refractivity contribution in [3.63, 3.8) is 0 Å². The van der Waals surface area contributed by atoms with E-state index >= 15 is 0 Å². The van der Waals surface area contributed by atoms with Gasteiger partial charge in [0.1, 0.15) is 0 Å². The first-order valence-electron chi connectivity index (χ1n) is 9.89. The van der Waals surface area contributed by atoms with E-state index in [-0.39, 0.29) is 5.60 Å². The van der Waals surface area contributed by atoms with E-state index in [1.54, 1.807) is 6.92 Å². The van der Waals surface area contributed by atoms with Crippen LogP contribution in [0.5, 0.6) is 0 Å². The molecule has 3 nitrogen and oxygen atoms in total. The highest BCUT2D eigenvalue weighted by Crippen LogP contribution is 2.39. The molecule has 0 heterocycles. The fourth-order valence-electron chi connectivity index (χ4n) is 3.06. The second kappa shape index (κ2) is 8.20. The van der Waals surface area contributed by atoms with E-state index in [9.17, 15) is 4.79 Å². The lowest BCUT2D eigenvalue weighted by molar-refractivity contribution is -0.138. The Hall–Kier alpha value is -2.57. The minimum atomic E-state index is -0.820. The Bertz CT molecular complexity index is 909. The lowest BCUT2D eigenvalue weighted by Gasteiger charge is -2.16. The number of carboxylic acids is 1. The normalized spacial score (nSPS) is 15.6. The summed E-state index contributed by atoms with van der Waals surface area (Å²) in [7, 11) is 0. The summed E-state index contributed by atoms with van der Waals surface area (Å²) in [6.45, 7) is 8.89. The Labute approximate surface area is 167 Å². The Morgan fingerprint density at radius 2 is 1.68 bits per heavy atom. The third-order valence-electron chi connectivity index (χ3n) is 5.43. The number of rotatable bonds is 6. The van der Waals surface area contributed by atoms with Crippen molar-refractivity contribution in [1.29, 1.82) is 0 Å². The highest BCUT2D eigenvalue weighted by molar-refractivity contribution is 5.75. The fraction of sp³-hybridized carbons (Fsp3) is 0.400. The maximum absolute atomic E-state index is 11.1. The van der Waals surface area contributed by atoms with Crippen molar-refractivity contribution in [3.8, 4) is 11.8 Å². The molecule has 1 N–H and O–H groups in total. The number of ether oxygens (including phenoxy) is 1. The number of carboxylic acid groups (broad SMARTS) is 1. The van der Waals surface area contributed by atoms with Crippen molar-refractivity contribution in [2.75, 3.05) is 0 Å². The molecular weight excluding hydrogens is 348 g/mol. The van der Waals surface area contributed by atoms with Gasteiger partial charge >= 0.3 is 5.97 Å². The Kier molecular flexibility index (Phi) is 5.91. The van der Waals surface area contributed by atoms with Crippen LogP contribution >= 0.6 is 0 Å². The molecule has 0 amide bonds. The van der Waals surface area contributed by atoms with Gasteiger partial charge in [-0.3, -0.25) is 4.79 Å². The van der Waals surface area contributed by atoms with E-state index in [2.05, 4.69) is 44.7 Å². The maximum Gasteiger partial charge on any atom is 0.310 e. The zero-order valence-corrected chi connectivity index (χ0v) is 17.1. The standard InChI is InChI=1S/C25H28O3/c1-17(2)23-15-20(9-12-22(23)16-28-25(4)13-14-25)6-5-19-7-10-21(11-8-19)18(3)24(26)27/h7-12,15,17-18H,13-14,16H2,1-4H3,(H,26,27). The molecule has 1 saturated carbocycles. The van der Waals surface area contributed by atoms with E-state index in [0.717, 1.165) is 29.5 Å². The molecule has 1 aliphatic rings. The summed E-state index contributed by atoms with van der Waals surface area (Å²) in [5.74, 6) is 5.49. The van der Waals surface area contributed by atoms with Crippen molar-refractivity contribution in [1.82, 2.24) is 0 Å². The first kappa shape index (κ1) is 20.2. The fourth-order valence-corrected chi connectivity index (χ4v) is 3.06. The van der Waals surface area contributed by atoms with Gasteiger partial charge < -0.3 is 9.84 Å². The molecule has 2 aromatic carbocycles. The summed E-state index contributed by atoms with van der Waals surface area (Å²) in [5.41, 5.74) is 5.24. The van der Waals surface area contributed by atoms with Gasteiger partial charge in [-0.2, -0.15) is 0 Å². The average molecular weight is 376 g/mol. The van der Waals surface area contributed by atoms with Gasteiger partial charge in [-0.25, -0.2) is 0 Å². The number of hydrogen-bond acceptors (Lipinski definition) is 2. The lowest BCUT2D eigenvalue weighted by Crippen LogP contribution is -2.09. The van der Waals surface area contributed by atoms with Gasteiger partial charge in [0.05, 0.1) is 18.1 Å². The third kappa shape index (κ3) is 5.03. The van der Waals surface area contributed by atoms with Gasteiger partial charge in [0, 0.05) is 11.1 Å². The van der Waals surface area contributed by atoms with Crippen molar-refractivity contribution >= 4 is 5.97 Å². The molecule has 0 saturated heterocycles. The number of aliphatic carboxylic acids is 1. The monoisotopic (exact) mass is 376 g/mol. The Balaban J connectivity index is 1.75. The quantitative estimate of drug-likeness (QED) is 0.680. The molecule has 0 aliphatic heterocycles. The van der Waals surface area contributed by atoms with Crippen molar-refractivity contribution < 1.29 is 14.6 Å². The van der Waals surface area contributed by atoms with Crippen molar-refractivity contribution in [2.24, 2.45) is 0 Å². The molecule has 0 spiro atoms. The Morgan fingerprint density at radius 3 is 2.25 bits per heavy atom. The van der Waals surface area contributed by atoms with Gasteiger partial charge in [0.2, 0.25) is 0 Å². The molecule has 28 heavy (non-hydrogen) atoms. The molecule has 0 aromatic heterocycles. The molecule has 0 bridgehead atoms. The predicted molar refractivity (Wildman–Crippen MR) is 111 cm³/mol. The average Bonchev–Trinajstić information content (AvgIpc) is 3.42. The SMILES string of the molecule is CC(C)c1cc(C#Cc2ccc(C(C)C(=O)O)cc2)ccc1COC1(C)CC1. The second-order valence-corrected chi connectivity index (χ2v) is 8.24. The molecule has 1 aliphatic carbocycles. The van der Waals surface area contributed by atoms with Crippen LogP contribution in [0.15, 0.2) is 42.5 Å². The zero-order chi connectivity index (χ0) is 20.3. The summed E-state index contributed by atoms with van der Waals surface area (Å²) in [5, 5.41) is 9.10. The van der Waals surface area contributed by atoms with Crippen LogP contribution in [-0.4, -0.2) is 16.7 Å². The zero-order valence-electron chi connectivity index (χ0n) is 17.1. The van der Waals surface area contributed by atoms with Gasteiger partial charge in [0.25, 0.3) is 0 Å². The maximum atomic E-state index is 11.1. The third-order valence-corrected chi connectivity index (χ3v) is 5.43. The smallest absolute Gasteiger partial charge is 0.310 e. The molecular formula is C25H28O3. The minimum Gasteiger partial charge on any atom is -0.481 e. The molecule has 2 aromatic rings. The topological polar surface area (TPSA) is 46.5 Å². The van der Waals surface area contributed by atoms with Gasteiger partial charge in [0.15, 0.2) is 0 Å². The van der Waals surface area contributed by atoms with Crippen LogP contribution in [0.3, 0.4) is 0 Å². The molecule has 1 unspecified atom stereocenters.